The first kappa shape index (κ1) is 23.4. The normalized spacial score (nSPS) is 13.6. The first-order chi connectivity index (χ1) is 16.3. The van der Waals surface area contributed by atoms with Crippen LogP contribution in [0.5, 0.6) is 0 Å². The van der Waals surface area contributed by atoms with Crippen molar-refractivity contribution >= 4 is 29.3 Å². The predicted octanol–water partition coefficient (Wildman–Crippen LogP) is 2.99. The maximum atomic E-state index is 13.5. The van der Waals surface area contributed by atoms with E-state index in [-0.39, 0.29) is 60.7 Å². The Morgan fingerprint density at radius 1 is 0.941 bits per heavy atom. The fourth-order valence-corrected chi connectivity index (χ4v) is 3.68. The SMILES string of the molecule is O=C(NCC(=O)N1CCN(C(=O)c2cc(F)ccc2Cl)CC1)c1cc(-c2ccc(F)cc2)on1. The lowest BCUT2D eigenvalue weighted by Gasteiger charge is -2.35. The van der Waals surface area contributed by atoms with Gasteiger partial charge in [-0.25, -0.2) is 8.78 Å². The van der Waals surface area contributed by atoms with Crippen LogP contribution in [0, 0.1) is 11.6 Å². The van der Waals surface area contributed by atoms with Gasteiger partial charge in [-0.15, -0.1) is 0 Å². The van der Waals surface area contributed by atoms with Crippen molar-refractivity contribution < 1.29 is 27.7 Å². The van der Waals surface area contributed by atoms with E-state index in [1.54, 1.807) is 0 Å². The van der Waals surface area contributed by atoms with E-state index in [1.807, 2.05) is 0 Å². The van der Waals surface area contributed by atoms with Gasteiger partial charge in [0.05, 0.1) is 17.1 Å². The van der Waals surface area contributed by atoms with Gasteiger partial charge in [-0.1, -0.05) is 16.8 Å². The van der Waals surface area contributed by atoms with Crippen LogP contribution >= 0.6 is 11.6 Å². The molecule has 0 unspecified atom stereocenters. The number of rotatable bonds is 5. The number of aromatic nitrogens is 1. The Balaban J connectivity index is 1.27. The van der Waals surface area contributed by atoms with Gasteiger partial charge in [0.1, 0.15) is 11.6 Å². The molecule has 0 bridgehead atoms. The van der Waals surface area contributed by atoms with Crippen molar-refractivity contribution in [1.82, 2.24) is 20.3 Å². The summed E-state index contributed by atoms with van der Waals surface area (Å²) in [7, 11) is 0. The van der Waals surface area contributed by atoms with Gasteiger partial charge in [-0.05, 0) is 42.5 Å². The van der Waals surface area contributed by atoms with Gasteiger partial charge in [0.25, 0.3) is 11.8 Å². The van der Waals surface area contributed by atoms with Crippen LogP contribution in [0.25, 0.3) is 11.3 Å². The van der Waals surface area contributed by atoms with Crippen LogP contribution in [0.4, 0.5) is 8.78 Å². The zero-order valence-corrected chi connectivity index (χ0v) is 18.5. The van der Waals surface area contributed by atoms with Gasteiger partial charge in [0, 0.05) is 37.8 Å². The minimum absolute atomic E-state index is 0.0190. The lowest BCUT2D eigenvalue weighted by molar-refractivity contribution is -0.131. The van der Waals surface area contributed by atoms with Crippen LogP contribution in [0.2, 0.25) is 5.02 Å². The van der Waals surface area contributed by atoms with Crippen molar-refractivity contribution in [2.24, 2.45) is 0 Å². The van der Waals surface area contributed by atoms with Gasteiger partial charge in [-0.3, -0.25) is 14.4 Å². The van der Waals surface area contributed by atoms with Crippen molar-refractivity contribution in [3.05, 3.63) is 76.4 Å². The number of halogens is 3. The average Bonchev–Trinajstić information content (AvgIpc) is 3.34. The van der Waals surface area contributed by atoms with E-state index in [2.05, 4.69) is 10.5 Å². The number of piperazine rings is 1. The van der Waals surface area contributed by atoms with Crippen molar-refractivity contribution in [2.45, 2.75) is 0 Å². The van der Waals surface area contributed by atoms with Crippen molar-refractivity contribution in [2.75, 3.05) is 32.7 Å². The highest BCUT2D eigenvalue weighted by Crippen LogP contribution is 2.21. The predicted molar refractivity (Wildman–Crippen MR) is 118 cm³/mol. The van der Waals surface area contributed by atoms with Crippen LogP contribution in [0.15, 0.2) is 53.1 Å². The van der Waals surface area contributed by atoms with Crippen molar-refractivity contribution in [1.29, 1.82) is 0 Å². The molecular formula is C23H19ClF2N4O4. The van der Waals surface area contributed by atoms with Crippen LogP contribution in [0.1, 0.15) is 20.8 Å². The number of hydrogen-bond acceptors (Lipinski definition) is 5. The molecule has 1 fully saturated rings. The van der Waals surface area contributed by atoms with Crippen LogP contribution in [-0.4, -0.2) is 65.4 Å². The second-order valence-corrected chi connectivity index (χ2v) is 7.97. The van der Waals surface area contributed by atoms with Crippen LogP contribution in [-0.2, 0) is 4.79 Å². The van der Waals surface area contributed by atoms with Gasteiger partial charge < -0.3 is 19.6 Å². The third-order valence-electron chi connectivity index (χ3n) is 5.35. The molecule has 0 radical (unpaired) electrons. The summed E-state index contributed by atoms with van der Waals surface area (Å²) in [6.45, 7) is 0.741. The Kier molecular flexibility index (Phi) is 6.87. The maximum absolute atomic E-state index is 13.5. The Hall–Kier alpha value is -3.79. The topological polar surface area (TPSA) is 95.8 Å². The first-order valence-electron chi connectivity index (χ1n) is 10.3. The van der Waals surface area contributed by atoms with Gasteiger partial charge >= 0.3 is 0 Å². The zero-order chi connectivity index (χ0) is 24.2. The number of hydrogen-bond donors (Lipinski definition) is 1. The Morgan fingerprint density at radius 2 is 1.59 bits per heavy atom. The highest BCUT2D eigenvalue weighted by molar-refractivity contribution is 6.33. The number of carbonyl (C=O) groups is 3. The fourth-order valence-electron chi connectivity index (χ4n) is 3.48. The van der Waals surface area contributed by atoms with Gasteiger partial charge in [-0.2, -0.15) is 0 Å². The molecule has 3 amide bonds. The molecular weight excluding hydrogens is 470 g/mol. The van der Waals surface area contributed by atoms with Crippen LogP contribution < -0.4 is 5.32 Å². The molecule has 1 saturated heterocycles. The van der Waals surface area contributed by atoms with E-state index in [0.717, 1.165) is 6.07 Å². The summed E-state index contributed by atoms with van der Waals surface area (Å²) in [6, 6.07) is 10.5. The number of nitrogens with zero attached hydrogens (tertiary/aromatic N) is 3. The second-order valence-electron chi connectivity index (χ2n) is 7.56. The highest BCUT2D eigenvalue weighted by atomic mass is 35.5. The molecule has 1 N–H and O–H groups in total. The molecule has 0 spiro atoms. The van der Waals surface area contributed by atoms with Crippen molar-refractivity contribution in [3.63, 3.8) is 0 Å². The summed E-state index contributed by atoms with van der Waals surface area (Å²) in [5, 5.41) is 6.34. The first-order valence-corrected chi connectivity index (χ1v) is 10.7. The summed E-state index contributed by atoms with van der Waals surface area (Å²) in [6.07, 6.45) is 0. The molecule has 4 rings (SSSR count). The minimum Gasteiger partial charge on any atom is -0.355 e. The highest BCUT2D eigenvalue weighted by Gasteiger charge is 2.26. The summed E-state index contributed by atoms with van der Waals surface area (Å²) < 4.78 is 31.6. The van der Waals surface area contributed by atoms with E-state index in [1.165, 1.54) is 52.3 Å². The fraction of sp³-hybridized carbons (Fsp3) is 0.217. The third kappa shape index (κ3) is 5.23. The summed E-state index contributed by atoms with van der Waals surface area (Å²) in [5.41, 5.74) is 0.604. The zero-order valence-electron chi connectivity index (χ0n) is 17.8. The molecule has 3 aromatic rings. The smallest absolute Gasteiger partial charge is 0.273 e. The monoisotopic (exact) mass is 488 g/mol. The number of amides is 3. The van der Waals surface area contributed by atoms with E-state index in [4.69, 9.17) is 16.1 Å². The average molecular weight is 489 g/mol. The summed E-state index contributed by atoms with van der Waals surface area (Å²) in [5.74, 6) is -2.01. The van der Waals surface area contributed by atoms with E-state index < -0.39 is 23.4 Å². The molecule has 11 heteroatoms. The van der Waals surface area contributed by atoms with Crippen LogP contribution in [0.3, 0.4) is 0 Å². The number of carbonyl (C=O) groups excluding carboxylic acids is 3. The summed E-state index contributed by atoms with van der Waals surface area (Å²) >= 11 is 6.01. The molecule has 0 saturated carbocycles. The molecule has 34 heavy (non-hydrogen) atoms. The minimum atomic E-state index is -0.597. The molecule has 176 valence electrons. The van der Waals surface area contributed by atoms with E-state index in [9.17, 15) is 23.2 Å². The largest absolute Gasteiger partial charge is 0.355 e. The van der Waals surface area contributed by atoms with Crippen molar-refractivity contribution in [3.8, 4) is 11.3 Å². The standard InChI is InChI=1S/C23H19ClF2N4O4/c24-18-6-5-16(26)11-17(18)23(33)30-9-7-29(8-10-30)21(31)13-27-22(32)19-12-20(34-28-19)14-1-3-15(25)4-2-14/h1-6,11-12H,7-10,13H2,(H,27,32). The quantitative estimate of drug-likeness (QED) is 0.595. The molecule has 0 atom stereocenters. The van der Waals surface area contributed by atoms with E-state index >= 15 is 0 Å². The molecule has 1 aliphatic heterocycles. The molecule has 0 aliphatic carbocycles. The van der Waals surface area contributed by atoms with E-state index in [0.29, 0.717) is 5.56 Å². The molecule has 1 aromatic heterocycles. The number of benzene rings is 2. The lowest BCUT2D eigenvalue weighted by atomic mass is 10.1. The number of nitrogens with one attached hydrogen (secondary N) is 1. The second kappa shape index (κ2) is 10.0. The molecule has 1 aliphatic rings. The Morgan fingerprint density at radius 3 is 2.29 bits per heavy atom. The third-order valence-corrected chi connectivity index (χ3v) is 5.68. The summed E-state index contributed by atoms with van der Waals surface area (Å²) in [4.78, 5) is 40.5. The molecule has 2 heterocycles. The Bertz CT molecular complexity index is 1220. The molecule has 2 aromatic carbocycles. The molecule has 8 nitrogen and oxygen atoms in total. The van der Waals surface area contributed by atoms with Gasteiger partial charge in [0.15, 0.2) is 11.5 Å². The van der Waals surface area contributed by atoms with Gasteiger partial charge in [0.2, 0.25) is 5.91 Å². The Labute approximate surface area is 198 Å². The maximum Gasteiger partial charge on any atom is 0.273 e. The lowest BCUT2D eigenvalue weighted by Crippen LogP contribution is -2.52.